The smallest absolute Gasteiger partial charge is 0.255 e. The summed E-state index contributed by atoms with van der Waals surface area (Å²) in [6.45, 7) is 2.34. The molecular weight excluding hydrogens is 412 g/mol. The van der Waals surface area contributed by atoms with Gasteiger partial charge in [0, 0.05) is 49.5 Å². The van der Waals surface area contributed by atoms with Crippen LogP contribution in [0.2, 0.25) is 0 Å². The second kappa shape index (κ2) is 8.35. The van der Waals surface area contributed by atoms with Crippen molar-refractivity contribution in [3.8, 4) is 16.9 Å². The lowest BCUT2D eigenvalue weighted by molar-refractivity contribution is 0.0785. The van der Waals surface area contributed by atoms with Gasteiger partial charge in [-0.15, -0.1) is 0 Å². The van der Waals surface area contributed by atoms with Crippen molar-refractivity contribution in [1.82, 2.24) is 29.4 Å². The number of aromatic nitrogens is 5. The SMILES string of the molecule is Cc1nn(C)c2ncc(C(=O)N(C)Cc3cn(-c4ccccc4)nc3-c3ccccc3)cc12. The molecule has 1 amide bonds. The van der Waals surface area contributed by atoms with E-state index in [9.17, 15) is 4.79 Å². The molecular formula is C26H24N6O. The Morgan fingerprint density at radius 3 is 2.42 bits per heavy atom. The zero-order valence-electron chi connectivity index (χ0n) is 18.8. The lowest BCUT2D eigenvalue weighted by Crippen LogP contribution is -2.26. The van der Waals surface area contributed by atoms with Gasteiger partial charge in [-0.25, -0.2) is 9.67 Å². The first-order chi connectivity index (χ1) is 16.0. The van der Waals surface area contributed by atoms with Crippen molar-refractivity contribution in [2.45, 2.75) is 13.5 Å². The first kappa shape index (κ1) is 20.6. The highest BCUT2D eigenvalue weighted by molar-refractivity contribution is 5.97. The van der Waals surface area contributed by atoms with Gasteiger partial charge in [-0.1, -0.05) is 48.5 Å². The fourth-order valence-electron chi connectivity index (χ4n) is 4.05. The summed E-state index contributed by atoms with van der Waals surface area (Å²) in [6, 6.07) is 21.9. The van der Waals surface area contributed by atoms with E-state index in [0.717, 1.165) is 39.2 Å². The van der Waals surface area contributed by atoms with Gasteiger partial charge >= 0.3 is 0 Å². The Hall–Kier alpha value is -4.26. The van der Waals surface area contributed by atoms with Crippen LogP contribution in [0.15, 0.2) is 79.1 Å². The molecule has 0 saturated heterocycles. The van der Waals surface area contributed by atoms with E-state index in [2.05, 4.69) is 10.1 Å². The molecule has 5 rings (SSSR count). The second-order valence-corrected chi connectivity index (χ2v) is 8.11. The molecule has 0 aliphatic carbocycles. The summed E-state index contributed by atoms with van der Waals surface area (Å²) in [7, 11) is 3.66. The number of amides is 1. The van der Waals surface area contributed by atoms with Crippen molar-refractivity contribution >= 4 is 16.9 Å². The summed E-state index contributed by atoms with van der Waals surface area (Å²) in [4.78, 5) is 19.4. The topological polar surface area (TPSA) is 68.8 Å². The number of benzene rings is 2. The predicted octanol–water partition coefficient (Wildman–Crippen LogP) is 4.40. The molecule has 0 saturated carbocycles. The van der Waals surface area contributed by atoms with Crippen molar-refractivity contribution in [3.63, 3.8) is 0 Å². The molecule has 0 atom stereocenters. The van der Waals surface area contributed by atoms with E-state index in [4.69, 9.17) is 5.10 Å². The van der Waals surface area contributed by atoms with Crippen LogP contribution in [0.1, 0.15) is 21.6 Å². The number of carbonyl (C=O) groups excluding carboxylic acids is 1. The lowest BCUT2D eigenvalue weighted by atomic mass is 10.1. The molecule has 7 heteroatoms. The molecule has 7 nitrogen and oxygen atoms in total. The fraction of sp³-hybridized carbons (Fsp3) is 0.154. The Morgan fingerprint density at radius 1 is 1.00 bits per heavy atom. The van der Waals surface area contributed by atoms with Crippen LogP contribution in [0.5, 0.6) is 0 Å². The number of aryl methyl sites for hydroxylation is 2. The maximum atomic E-state index is 13.3. The van der Waals surface area contributed by atoms with Gasteiger partial charge in [-0.3, -0.25) is 9.48 Å². The Kier molecular flexibility index (Phi) is 5.22. The molecule has 5 aromatic rings. The number of carbonyl (C=O) groups is 1. The van der Waals surface area contributed by atoms with Crippen LogP contribution >= 0.6 is 0 Å². The monoisotopic (exact) mass is 436 g/mol. The summed E-state index contributed by atoms with van der Waals surface area (Å²) in [5, 5.41) is 10.1. The Morgan fingerprint density at radius 2 is 1.70 bits per heavy atom. The molecule has 164 valence electrons. The summed E-state index contributed by atoms with van der Waals surface area (Å²) in [5.41, 5.74) is 5.96. The fourth-order valence-corrected chi connectivity index (χ4v) is 4.05. The van der Waals surface area contributed by atoms with E-state index in [1.165, 1.54) is 0 Å². The number of hydrogen-bond acceptors (Lipinski definition) is 4. The predicted molar refractivity (Wildman–Crippen MR) is 128 cm³/mol. The molecule has 0 bridgehead atoms. The summed E-state index contributed by atoms with van der Waals surface area (Å²) < 4.78 is 3.59. The zero-order chi connectivity index (χ0) is 22.9. The number of fused-ring (bicyclic) bond motifs is 1. The minimum Gasteiger partial charge on any atom is -0.337 e. The first-order valence-corrected chi connectivity index (χ1v) is 10.8. The minimum atomic E-state index is -0.0980. The maximum Gasteiger partial charge on any atom is 0.255 e. The van der Waals surface area contributed by atoms with Crippen LogP contribution in [0.25, 0.3) is 28.0 Å². The number of nitrogens with zero attached hydrogens (tertiary/aromatic N) is 6. The Bertz CT molecular complexity index is 1440. The number of pyridine rings is 1. The normalized spacial score (nSPS) is 11.1. The van der Waals surface area contributed by atoms with Gasteiger partial charge in [-0.05, 0) is 25.1 Å². The number of rotatable bonds is 5. The average molecular weight is 437 g/mol. The third-order valence-corrected chi connectivity index (χ3v) is 5.72. The van der Waals surface area contributed by atoms with Crippen molar-refractivity contribution < 1.29 is 4.79 Å². The largest absolute Gasteiger partial charge is 0.337 e. The number of para-hydroxylation sites is 1. The molecule has 0 unspecified atom stereocenters. The van der Waals surface area contributed by atoms with Gasteiger partial charge in [0.05, 0.1) is 22.6 Å². The van der Waals surface area contributed by atoms with Crippen molar-refractivity contribution in [2.75, 3.05) is 7.05 Å². The van der Waals surface area contributed by atoms with Gasteiger partial charge in [0.2, 0.25) is 0 Å². The van der Waals surface area contributed by atoms with Crippen molar-refractivity contribution in [2.24, 2.45) is 7.05 Å². The van der Waals surface area contributed by atoms with Crippen LogP contribution in [0.3, 0.4) is 0 Å². The average Bonchev–Trinajstić information content (AvgIpc) is 3.40. The van der Waals surface area contributed by atoms with Gasteiger partial charge < -0.3 is 4.90 Å². The van der Waals surface area contributed by atoms with Gasteiger partial charge in [0.25, 0.3) is 5.91 Å². The van der Waals surface area contributed by atoms with Crippen LogP contribution in [0.4, 0.5) is 0 Å². The third-order valence-electron chi connectivity index (χ3n) is 5.72. The Balaban J connectivity index is 1.48. The number of hydrogen-bond donors (Lipinski definition) is 0. The second-order valence-electron chi connectivity index (χ2n) is 8.11. The Labute approximate surface area is 191 Å². The molecule has 0 N–H and O–H groups in total. The van der Waals surface area contributed by atoms with Crippen molar-refractivity contribution in [3.05, 3.63) is 95.9 Å². The van der Waals surface area contributed by atoms with Gasteiger partial charge in [-0.2, -0.15) is 10.2 Å². The maximum absolute atomic E-state index is 13.3. The van der Waals surface area contributed by atoms with E-state index < -0.39 is 0 Å². The molecule has 0 spiro atoms. The summed E-state index contributed by atoms with van der Waals surface area (Å²) in [5.74, 6) is -0.0980. The van der Waals surface area contributed by atoms with E-state index in [1.807, 2.05) is 91.6 Å². The highest BCUT2D eigenvalue weighted by atomic mass is 16.2. The molecule has 3 aromatic heterocycles. The van der Waals surface area contributed by atoms with E-state index in [1.54, 1.807) is 22.8 Å². The van der Waals surface area contributed by atoms with Crippen LogP contribution in [-0.2, 0) is 13.6 Å². The van der Waals surface area contributed by atoms with Crippen LogP contribution in [0, 0.1) is 6.92 Å². The standard InChI is InChI=1S/C26H24N6O/c1-18-23-14-20(15-27-25(23)31(3)28-18)26(33)30(2)16-21-17-32(22-12-8-5-9-13-22)29-24(21)19-10-6-4-7-11-19/h4-15,17H,16H2,1-3H3. The lowest BCUT2D eigenvalue weighted by Gasteiger charge is -2.17. The molecule has 33 heavy (non-hydrogen) atoms. The highest BCUT2D eigenvalue weighted by Crippen LogP contribution is 2.25. The van der Waals surface area contributed by atoms with Crippen molar-refractivity contribution in [1.29, 1.82) is 0 Å². The molecule has 3 heterocycles. The molecule has 0 aliphatic heterocycles. The van der Waals surface area contributed by atoms with Gasteiger partial charge in [0.1, 0.15) is 0 Å². The first-order valence-electron chi connectivity index (χ1n) is 10.8. The summed E-state index contributed by atoms with van der Waals surface area (Å²) in [6.07, 6.45) is 3.61. The van der Waals surface area contributed by atoms with E-state index in [-0.39, 0.29) is 5.91 Å². The minimum absolute atomic E-state index is 0.0980. The van der Waals surface area contributed by atoms with Crippen LogP contribution < -0.4 is 0 Å². The molecule has 0 aliphatic rings. The molecule has 2 aromatic carbocycles. The molecule has 0 fully saturated rings. The summed E-state index contributed by atoms with van der Waals surface area (Å²) >= 11 is 0. The third kappa shape index (κ3) is 3.89. The molecule has 0 radical (unpaired) electrons. The van der Waals surface area contributed by atoms with Crippen LogP contribution in [-0.4, -0.2) is 42.4 Å². The zero-order valence-corrected chi connectivity index (χ0v) is 18.8. The van der Waals surface area contributed by atoms with E-state index in [0.29, 0.717) is 12.1 Å². The van der Waals surface area contributed by atoms with Gasteiger partial charge in [0.15, 0.2) is 5.65 Å². The quantitative estimate of drug-likeness (QED) is 0.409. The van der Waals surface area contributed by atoms with E-state index >= 15 is 0 Å². The highest BCUT2D eigenvalue weighted by Gasteiger charge is 2.19.